The fraction of sp³-hybridized carbons (Fsp3) is 0.100. The van der Waals surface area contributed by atoms with Crippen molar-refractivity contribution in [3.63, 3.8) is 0 Å². The van der Waals surface area contributed by atoms with Crippen LogP contribution < -0.4 is 14.8 Å². The van der Waals surface area contributed by atoms with Crippen LogP contribution in [0.5, 0.6) is 11.5 Å². The third-order valence-corrected chi connectivity index (χ3v) is 2.27. The standard InChI is InChI=1S/C10H7NO3/c12-9-5-6-7(11-9)1-2-8-10(6)14-4-3-13-8/h1-4H,5H2,(H,11,12). The normalized spacial score (nSPS) is 16.4. The number of amides is 1. The van der Waals surface area contributed by atoms with Crippen LogP contribution in [0.1, 0.15) is 5.56 Å². The van der Waals surface area contributed by atoms with E-state index >= 15 is 0 Å². The highest BCUT2D eigenvalue weighted by Crippen LogP contribution is 2.40. The van der Waals surface area contributed by atoms with E-state index in [1.54, 1.807) is 6.07 Å². The zero-order valence-electron chi connectivity index (χ0n) is 7.24. The number of ether oxygens (including phenoxy) is 2. The molecule has 0 spiro atoms. The molecule has 70 valence electrons. The average molecular weight is 189 g/mol. The summed E-state index contributed by atoms with van der Waals surface area (Å²) in [4.78, 5) is 11.2. The van der Waals surface area contributed by atoms with Gasteiger partial charge < -0.3 is 14.8 Å². The van der Waals surface area contributed by atoms with Gasteiger partial charge >= 0.3 is 0 Å². The topological polar surface area (TPSA) is 47.6 Å². The van der Waals surface area contributed by atoms with Gasteiger partial charge in [0.05, 0.1) is 6.42 Å². The second kappa shape index (κ2) is 2.51. The number of hydrogen-bond donors (Lipinski definition) is 1. The van der Waals surface area contributed by atoms with Crippen molar-refractivity contribution in [2.24, 2.45) is 0 Å². The predicted octanol–water partition coefficient (Wildman–Crippen LogP) is 1.42. The Balaban J connectivity index is 2.18. The van der Waals surface area contributed by atoms with Crippen LogP contribution in [-0.4, -0.2) is 5.91 Å². The molecular weight excluding hydrogens is 182 g/mol. The van der Waals surface area contributed by atoms with Crippen LogP contribution in [0.3, 0.4) is 0 Å². The molecule has 0 radical (unpaired) electrons. The zero-order valence-corrected chi connectivity index (χ0v) is 7.24. The van der Waals surface area contributed by atoms with Gasteiger partial charge in [0, 0.05) is 11.3 Å². The monoisotopic (exact) mass is 189 g/mol. The van der Waals surface area contributed by atoms with Crippen molar-refractivity contribution in [1.29, 1.82) is 0 Å². The van der Waals surface area contributed by atoms with Gasteiger partial charge in [0.15, 0.2) is 11.5 Å². The number of benzene rings is 1. The lowest BCUT2D eigenvalue weighted by molar-refractivity contribution is -0.115. The molecule has 0 saturated carbocycles. The molecule has 2 aliphatic rings. The Hall–Kier alpha value is -1.97. The number of carbonyl (C=O) groups is 1. The number of fused-ring (bicyclic) bond motifs is 3. The minimum atomic E-state index is -0.00782. The van der Waals surface area contributed by atoms with Crippen LogP contribution in [0.2, 0.25) is 0 Å². The highest BCUT2D eigenvalue weighted by atomic mass is 16.5. The largest absolute Gasteiger partial charge is 0.458 e. The van der Waals surface area contributed by atoms with Crippen LogP contribution >= 0.6 is 0 Å². The van der Waals surface area contributed by atoms with E-state index in [1.807, 2.05) is 6.07 Å². The van der Waals surface area contributed by atoms with E-state index in [4.69, 9.17) is 9.47 Å². The van der Waals surface area contributed by atoms with Crippen LogP contribution in [0.25, 0.3) is 0 Å². The van der Waals surface area contributed by atoms with Gasteiger partial charge in [-0.05, 0) is 12.1 Å². The molecule has 1 aromatic carbocycles. The van der Waals surface area contributed by atoms with Crippen molar-refractivity contribution in [2.45, 2.75) is 6.42 Å². The molecule has 0 saturated heterocycles. The van der Waals surface area contributed by atoms with Gasteiger partial charge in [-0.15, -0.1) is 0 Å². The first-order chi connectivity index (χ1) is 6.84. The summed E-state index contributed by atoms with van der Waals surface area (Å²) in [5.74, 6) is 1.29. The highest BCUT2D eigenvalue weighted by Gasteiger charge is 2.25. The molecule has 1 N–H and O–H groups in total. The molecule has 0 aliphatic carbocycles. The molecule has 2 aliphatic heterocycles. The maximum Gasteiger partial charge on any atom is 0.229 e. The van der Waals surface area contributed by atoms with Gasteiger partial charge in [-0.25, -0.2) is 0 Å². The van der Waals surface area contributed by atoms with Crippen molar-refractivity contribution < 1.29 is 14.3 Å². The van der Waals surface area contributed by atoms with Crippen LogP contribution in [0.15, 0.2) is 24.7 Å². The van der Waals surface area contributed by atoms with Gasteiger partial charge in [0.2, 0.25) is 5.91 Å². The van der Waals surface area contributed by atoms with E-state index in [0.29, 0.717) is 17.9 Å². The summed E-state index contributed by atoms with van der Waals surface area (Å²) in [6.45, 7) is 0. The fourth-order valence-corrected chi connectivity index (χ4v) is 1.67. The number of carbonyl (C=O) groups excluding carboxylic acids is 1. The lowest BCUT2D eigenvalue weighted by Crippen LogP contribution is -2.03. The molecule has 2 heterocycles. The highest BCUT2D eigenvalue weighted by molar-refractivity contribution is 6.00. The summed E-state index contributed by atoms with van der Waals surface area (Å²) in [6, 6.07) is 3.60. The number of hydrogen-bond acceptors (Lipinski definition) is 3. The van der Waals surface area contributed by atoms with Crippen LogP contribution in [-0.2, 0) is 11.2 Å². The molecule has 1 aromatic rings. The molecule has 3 rings (SSSR count). The molecule has 0 aromatic heterocycles. The van der Waals surface area contributed by atoms with Gasteiger partial charge in [0.1, 0.15) is 12.5 Å². The minimum Gasteiger partial charge on any atom is -0.458 e. The average Bonchev–Trinajstić information content (AvgIpc) is 2.59. The van der Waals surface area contributed by atoms with Gasteiger partial charge in [0.25, 0.3) is 0 Å². The van der Waals surface area contributed by atoms with Crippen molar-refractivity contribution >= 4 is 11.6 Å². The SMILES string of the molecule is O=C1Cc2c(ccc3c2OC=CO3)N1. The maximum atomic E-state index is 11.2. The Kier molecular flexibility index (Phi) is 1.33. The second-order valence-electron chi connectivity index (χ2n) is 3.15. The summed E-state index contributed by atoms with van der Waals surface area (Å²) in [5, 5.41) is 2.75. The molecule has 0 unspecified atom stereocenters. The molecule has 0 bridgehead atoms. The van der Waals surface area contributed by atoms with Gasteiger partial charge in [-0.3, -0.25) is 4.79 Å². The van der Waals surface area contributed by atoms with Crippen molar-refractivity contribution in [1.82, 2.24) is 0 Å². The summed E-state index contributed by atoms with van der Waals surface area (Å²) >= 11 is 0. The second-order valence-corrected chi connectivity index (χ2v) is 3.15. The Morgan fingerprint density at radius 1 is 1.21 bits per heavy atom. The third kappa shape index (κ3) is 0.907. The lowest BCUT2D eigenvalue weighted by Gasteiger charge is -2.14. The first kappa shape index (κ1) is 7.44. The van der Waals surface area contributed by atoms with Crippen LogP contribution in [0, 0.1) is 0 Å². The Morgan fingerprint density at radius 3 is 3.00 bits per heavy atom. The first-order valence-electron chi connectivity index (χ1n) is 4.28. The van der Waals surface area contributed by atoms with E-state index in [-0.39, 0.29) is 5.91 Å². The first-order valence-corrected chi connectivity index (χ1v) is 4.28. The van der Waals surface area contributed by atoms with Gasteiger partial charge in [-0.1, -0.05) is 0 Å². The maximum absolute atomic E-state index is 11.2. The minimum absolute atomic E-state index is 0.00782. The van der Waals surface area contributed by atoms with E-state index in [0.717, 1.165) is 11.3 Å². The van der Waals surface area contributed by atoms with E-state index < -0.39 is 0 Å². The van der Waals surface area contributed by atoms with E-state index in [9.17, 15) is 4.79 Å². The summed E-state index contributed by atoms with van der Waals surface area (Å²) in [6.07, 6.45) is 3.29. The molecule has 0 fully saturated rings. The van der Waals surface area contributed by atoms with E-state index in [2.05, 4.69) is 5.32 Å². The van der Waals surface area contributed by atoms with Crippen molar-refractivity contribution in [2.75, 3.05) is 5.32 Å². The lowest BCUT2D eigenvalue weighted by atomic mass is 10.1. The number of nitrogens with one attached hydrogen (secondary N) is 1. The molecule has 4 nitrogen and oxygen atoms in total. The molecular formula is C10H7NO3. The molecule has 1 amide bonds. The predicted molar refractivity (Wildman–Crippen MR) is 49.2 cm³/mol. The van der Waals surface area contributed by atoms with Crippen molar-refractivity contribution in [3.8, 4) is 11.5 Å². The Bertz CT molecular complexity index is 436. The Morgan fingerprint density at radius 2 is 2.07 bits per heavy atom. The molecule has 0 atom stereocenters. The number of anilines is 1. The van der Waals surface area contributed by atoms with Gasteiger partial charge in [-0.2, -0.15) is 0 Å². The van der Waals surface area contributed by atoms with E-state index in [1.165, 1.54) is 12.5 Å². The number of rotatable bonds is 0. The molecule has 14 heavy (non-hydrogen) atoms. The zero-order chi connectivity index (χ0) is 9.54. The van der Waals surface area contributed by atoms with Crippen LogP contribution in [0.4, 0.5) is 5.69 Å². The summed E-state index contributed by atoms with van der Waals surface area (Å²) < 4.78 is 10.6. The quantitative estimate of drug-likeness (QED) is 0.671. The smallest absolute Gasteiger partial charge is 0.229 e. The summed E-state index contributed by atoms with van der Waals surface area (Å²) in [5.41, 5.74) is 1.68. The summed E-state index contributed by atoms with van der Waals surface area (Å²) in [7, 11) is 0. The molecule has 4 heteroatoms. The fourth-order valence-electron chi connectivity index (χ4n) is 1.67. The third-order valence-electron chi connectivity index (χ3n) is 2.27. The Labute approximate surface area is 80.1 Å². The van der Waals surface area contributed by atoms with Crippen molar-refractivity contribution in [3.05, 3.63) is 30.2 Å².